The molecule has 0 aliphatic rings. The molecule has 1 heteroatoms. The van der Waals surface area contributed by atoms with E-state index in [0.29, 0.717) is 17.6 Å². The molecule has 0 rings (SSSR count). The summed E-state index contributed by atoms with van der Waals surface area (Å²) in [4.78, 5) is 11.4. The highest BCUT2D eigenvalue weighted by atomic mass is 16.1. The molecule has 1 nitrogen and oxygen atoms in total. The van der Waals surface area contributed by atoms with E-state index in [9.17, 15) is 4.79 Å². The van der Waals surface area contributed by atoms with Crippen molar-refractivity contribution >= 4 is 5.78 Å². The summed E-state index contributed by atoms with van der Waals surface area (Å²) >= 11 is 0. The molecule has 0 aliphatic heterocycles. The normalized spacial score (nSPS) is 11.2. The van der Waals surface area contributed by atoms with Crippen LogP contribution in [0.4, 0.5) is 0 Å². The lowest BCUT2D eigenvalue weighted by atomic mass is 9.93. The second kappa shape index (κ2) is 6.22. The summed E-state index contributed by atoms with van der Waals surface area (Å²) in [7, 11) is 0. The first-order chi connectivity index (χ1) is 5.60. The first-order valence-corrected chi connectivity index (χ1v) is 5.11. The molecule has 72 valence electrons. The van der Waals surface area contributed by atoms with Crippen LogP contribution in [0.1, 0.15) is 53.4 Å². The Morgan fingerprint density at radius 3 is 1.92 bits per heavy atom. The number of rotatable bonds is 6. The highest BCUT2D eigenvalue weighted by molar-refractivity contribution is 5.78. The number of hydrogen-bond donors (Lipinski definition) is 0. The van der Waals surface area contributed by atoms with Crippen molar-refractivity contribution < 1.29 is 4.79 Å². The monoisotopic (exact) mass is 170 g/mol. The fourth-order valence-electron chi connectivity index (χ4n) is 1.44. The average Bonchev–Trinajstić information content (AvgIpc) is 1.98. The standard InChI is InChI=1S/C11H22O/c1-5-10(6-2)8-11(12)7-9(3)4/h9-10H,5-8H2,1-4H3. The zero-order chi connectivity index (χ0) is 9.56. The van der Waals surface area contributed by atoms with E-state index in [1.54, 1.807) is 0 Å². The first-order valence-electron chi connectivity index (χ1n) is 5.11. The van der Waals surface area contributed by atoms with E-state index >= 15 is 0 Å². The van der Waals surface area contributed by atoms with E-state index in [1.165, 1.54) is 0 Å². The maximum Gasteiger partial charge on any atom is 0.133 e. The lowest BCUT2D eigenvalue weighted by Crippen LogP contribution is -2.09. The van der Waals surface area contributed by atoms with Crippen molar-refractivity contribution in [2.24, 2.45) is 11.8 Å². The van der Waals surface area contributed by atoms with Crippen LogP contribution >= 0.6 is 0 Å². The van der Waals surface area contributed by atoms with Gasteiger partial charge in [0.15, 0.2) is 0 Å². The summed E-state index contributed by atoms with van der Waals surface area (Å²) in [6.45, 7) is 8.53. The van der Waals surface area contributed by atoms with Gasteiger partial charge in [-0.15, -0.1) is 0 Å². The van der Waals surface area contributed by atoms with Crippen molar-refractivity contribution in [2.75, 3.05) is 0 Å². The summed E-state index contributed by atoms with van der Waals surface area (Å²) in [5.74, 6) is 1.59. The Labute approximate surface area is 76.6 Å². The molecule has 0 saturated carbocycles. The lowest BCUT2D eigenvalue weighted by Gasteiger charge is -2.11. The van der Waals surface area contributed by atoms with Crippen LogP contribution in [-0.2, 0) is 4.79 Å². The van der Waals surface area contributed by atoms with Gasteiger partial charge >= 0.3 is 0 Å². The van der Waals surface area contributed by atoms with Crippen molar-refractivity contribution in [3.63, 3.8) is 0 Å². The van der Waals surface area contributed by atoms with Crippen LogP contribution in [0.5, 0.6) is 0 Å². The van der Waals surface area contributed by atoms with Crippen molar-refractivity contribution in [3.8, 4) is 0 Å². The van der Waals surface area contributed by atoms with Gasteiger partial charge in [-0.1, -0.05) is 40.5 Å². The molecule has 0 bridgehead atoms. The largest absolute Gasteiger partial charge is 0.300 e. The molecule has 0 atom stereocenters. The molecule has 0 N–H and O–H groups in total. The van der Waals surface area contributed by atoms with Gasteiger partial charge in [0.25, 0.3) is 0 Å². The number of hydrogen-bond acceptors (Lipinski definition) is 1. The second-order valence-electron chi connectivity index (χ2n) is 4.02. The van der Waals surface area contributed by atoms with E-state index in [0.717, 1.165) is 25.7 Å². The molecular weight excluding hydrogens is 148 g/mol. The molecule has 0 aromatic carbocycles. The molecule has 0 saturated heterocycles. The molecule has 0 aliphatic carbocycles. The minimum absolute atomic E-state index is 0.443. The maximum atomic E-state index is 11.4. The van der Waals surface area contributed by atoms with Gasteiger partial charge in [0.1, 0.15) is 5.78 Å². The second-order valence-corrected chi connectivity index (χ2v) is 4.02. The van der Waals surface area contributed by atoms with Crippen LogP contribution < -0.4 is 0 Å². The Morgan fingerprint density at radius 2 is 1.58 bits per heavy atom. The van der Waals surface area contributed by atoms with E-state index in [1.807, 2.05) is 0 Å². The van der Waals surface area contributed by atoms with E-state index in [-0.39, 0.29) is 0 Å². The van der Waals surface area contributed by atoms with Gasteiger partial charge in [-0.05, 0) is 11.8 Å². The summed E-state index contributed by atoms with van der Waals surface area (Å²) in [5.41, 5.74) is 0. The number of carbonyl (C=O) groups is 1. The fraction of sp³-hybridized carbons (Fsp3) is 0.909. The smallest absolute Gasteiger partial charge is 0.133 e. The van der Waals surface area contributed by atoms with Crippen molar-refractivity contribution in [2.45, 2.75) is 53.4 Å². The van der Waals surface area contributed by atoms with E-state index < -0.39 is 0 Å². The quantitative estimate of drug-likeness (QED) is 0.597. The molecule has 0 aromatic rings. The predicted molar refractivity (Wildman–Crippen MR) is 53.2 cm³/mol. The van der Waals surface area contributed by atoms with Crippen molar-refractivity contribution in [1.82, 2.24) is 0 Å². The molecule has 0 spiro atoms. The Morgan fingerprint density at radius 1 is 1.08 bits per heavy atom. The Hall–Kier alpha value is -0.330. The molecule has 0 amide bonds. The van der Waals surface area contributed by atoms with Gasteiger partial charge in [-0.3, -0.25) is 4.79 Å². The number of ketones is 1. The Bertz CT molecular complexity index is 123. The summed E-state index contributed by atoms with van der Waals surface area (Å²) in [5, 5.41) is 0. The maximum absolute atomic E-state index is 11.4. The van der Waals surface area contributed by atoms with Gasteiger partial charge < -0.3 is 0 Å². The highest BCUT2D eigenvalue weighted by Crippen LogP contribution is 2.15. The predicted octanol–water partition coefficient (Wildman–Crippen LogP) is 3.43. The summed E-state index contributed by atoms with van der Waals surface area (Å²) < 4.78 is 0. The average molecular weight is 170 g/mol. The van der Waals surface area contributed by atoms with Crippen LogP contribution in [0.2, 0.25) is 0 Å². The molecule has 0 radical (unpaired) electrons. The summed E-state index contributed by atoms with van der Waals surface area (Å²) in [6, 6.07) is 0. The lowest BCUT2D eigenvalue weighted by molar-refractivity contribution is -0.120. The van der Waals surface area contributed by atoms with E-state index in [4.69, 9.17) is 0 Å². The Kier molecular flexibility index (Phi) is 6.04. The third-order valence-electron chi connectivity index (χ3n) is 2.31. The molecule has 0 aromatic heterocycles. The minimum Gasteiger partial charge on any atom is -0.300 e. The van der Waals surface area contributed by atoms with Gasteiger partial charge in [0.2, 0.25) is 0 Å². The molecule has 12 heavy (non-hydrogen) atoms. The molecule has 0 unspecified atom stereocenters. The zero-order valence-corrected chi connectivity index (χ0v) is 8.89. The zero-order valence-electron chi connectivity index (χ0n) is 8.89. The SMILES string of the molecule is CCC(CC)CC(=O)CC(C)C. The van der Waals surface area contributed by atoms with Crippen LogP contribution in [0.25, 0.3) is 0 Å². The van der Waals surface area contributed by atoms with Gasteiger partial charge in [0, 0.05) is 12.8 Å². The fourth-order valence-corrected chi connectivity index (χ4v) is 1.44. The van der Waals surface area contributed by atoms with Crippen LogP contribution in [0.3, 0.4) is 0 Å². The number of Topliss-reactive ketones (excluding diaryl/α,β-unsaturated/α-hetero) is 1. The van der Waals surface area contributed by atoms with Crippen LogP contribution in [0, 0.1) is 11.8 Å². The minimum atomic E-state index is 0.443. The van der Waals surface area contributed by atoms with Crippen LogP contribution in [0.15, 0.2) is 0 Å². The number of carbonyl (C=O) groups excluding carboxylic acids is 1. The molecular formula is C11H22O. The first kappa shape index (κ1) is 11.7. The van der Waals surface area contributed by atoms with Crippen LogP contribution in [-0.4, -0.2) is 5.78 Å². The van der Waals surface area contributed by atoms with Gasteiger partial charge in [0.05, 0.1) is 0 Å². The molecule has 0 heterocycles. The van der Waals surface area contributed by atoms with Crippen molar-refractivity contribution in [1.29, 1.82) is 0 Å². The highest BCUT2D eigenvalue weighted by Gasteiger charge is 2.10. The third kappa shape index (κ3) is 5.34. The Balaban J connectivity index is 3.66. The topological polar surface area (TPSA) is 17.1 Å². The third-order valence-corrected chi connectivity index (χ3v) is 2.31. The van der Waals surface area contributed by atoms with E-state index in [2.05, 4.69) is 27.7 Å². The van der Waals surface area contributed by atoms with Gasteiger partial charge in [-0.2, -0.15) is 0 Å². The molecule has 0 fully saturated rings. The summed E-state index contributed by atoms with van der Waals surface area (Å²) in [6.07, 6.45) is 3.84. The van der Waals surface area contributed by atoms with Crippen molar-refractivity contribution in [3.05, 3.63) is 0 Å². The van der Waals surface area contributed by atoms with Gasteiger partial charge in [-0.25, -0.2) is 0 Å².